The molecule has 4 aliphatic heterocycles. The summed E-state index contributed by atoms with van der Waals surface area (Å²) in [6.07, 6.45) is 0. The van der Waals surface area contributed by atoms with Crippen molar-refractivity contribution in [1.82, 2.24) is 18.1 Å². The Morgan fingerprint density at radius 3 is 1.19 bits per heavy atom. The summed E-state index contributed by atoms with van der Waals surface area (Å²) in [5.74, 6) is 0. The molecule has 0 aliphatic carbocycles. The molecule has 0 fully saturated rings. The number of nitrogens with zero attached hydrogens (tertiary/aromatic N) is 4. The molecule has 0 N–H and O–H groups in total. The minimum absolute atomic E-state index is 0.0133. The number of rotatable bonds is 0. The van der Waals surface area contributed by atoms with Gasteiger partial charge in [0.2, 0.25) is 0 Å². The molecule has 16 rings (SSSR count). The minimum Gasteiger partial charge on any atom is -0.374 e. The number of benzene rings is 8. The van der Waals surface area contributed by atoms with Crippen molar-refractivity contribution in [3.63, 3.8) is 0 Å². The van der Waals surface area contributed by atoms with Crippen molar-refractivity contribution in [3.05, 3.63) is 157 Å². The fourth-order valence-electron chi connectivity index (χ4n) is 13.7. The highest BCUT2D eigenvalue weighted by Crippen LogP contribution is 2.52. The molecule has 4 aromatic heterocycles. The average molecular weight is 817 g/mol. The van der Waals surface area contributed by atoms with Gasteiger partial charge in [-0.2, -0.15) is 0 Å². The molecule has 6 heteroatoms. The summed E-state index contributed by atoms with van der Waals surface area (Å²) in [7, 11) is 0. The van der Waals surface area contributed by atoms with Crippen molar-refractivity contribution in [1.29, 1.82) is 0 Å². The van der Waals surface area contributed by atoms with E-state index >= 15 is 0 Å². The third-order valence-corrected chi connectivity index (χ3v) is 15.9. The predicted octanol–water partition coefficient (Wildman–Crippen LogP) is 11.4. The number of hydrogen-bond acceptors (Lipinski definition) is 0. The molecule has 4 nitrogen and oxygen atoms in total. The Morgan fingerprint density at radius 2 is 0.750 bits per heavy atom. The first-order valence-electron chi connectivity index (χ1n) is 23.1. The smallest absolute Gasteiger partial charge is 0.333 e. The lowest BCUT2D eigenvalue weighted by atomic mass is 9.45. The Hall–Kier alpha value is -7.17. The van der Waals surface area contributed by atoms with Gasteiger partial charge in [-0.05, 0) is 79.2 Å². The number of aromatic nitrogens is 4. The third-order valence-electron chi connectivity index (χ3n) is 15.9. The number of hydrogen-bond donors (Lipinski definition) is 0. The summed E-state index contributed by atoms with van der Waals surface area (Å²) in [4.78, 5) is 0. The van der Waals surface area contributed by atoms with Crippen molar-refractivity contribution >= 4 is 112 Å². The van der Waals surface area contributed by atoms with Crippen LogP contribution in [0.5, 0.6) is 0 Å². The molecule has 0 saturated carbocycles. The first kappa shape index (κ1) is 34.3. The van der Waals surface area contributed by atoms with Crippen molar-refractivity contribution in [3.8, 4) is 33.6 Å². The highest BCUT2D eigenvalue weighted by Gasteiger charge is 2.47. The summed E-state index contributed by atoms with van der Waals surface area (Å²) in [6, 6.07) is 56.4. The van der Waals surface area contributed by atoms with Crippen molar-refractivity contribution < 1.29 is 0 Å². The predicted molar refractivity (Wildman–Crippen MR) is 273 cm³/mol. The van der Waals surface area contributed by atoms with Gasteiger partial charge < -0.3 is 18.1 Å². The van der Waals surface area contributed by atoms with E-state index in [0.717, 1.165) is 0 Å². The molecule has 0 saturated heterocycles. The van der Waals surface area contributed by atoms with Gasteiger partial charge in [0.05, 0.1) is 33.1 Å². The van der Waals surface area contributed by atoms with Gasteiger partial charge >= 0.3 is 13.7 Å². The summed E-state index contributed by atoms with van der Waals surface area (Å²) in [5.41, 5.74) is 26.9. The molecular formula is C58H42B2N4. The van der Waals surface area contributed by atoms with Crippen LogP contribution in [-0.2, 0) is 10.8 Å². The Morgan fingerprint density at radius 1 is 0.359 bits per heavy atom. The van der Waals surface area contributed by atoms with Crippen LogP contribution in [0.4, 0.5) is 0 Å². The SMILES string of the molecule is CC(C)(C)c1cc2c3c4c1c1ccccc1n4-c1ccccc1B3n1c3c-2cccc3c2c1c1cccc3c1n2B1c2ccccc2-n2c4ccccc4c4c(C(C)(C)C)cc-3c1c42. The van der Waals surface area contributed by atoms with E-state index < -0.39 is 0 Å². The van der Waals surface area contributed by atoms with Gasteiger partial charge in [0.15, 0.2) is 0 Å². The van der Waals surface area contributed by atoms with E-state index in [4.69, 9.17) is 0 Å². The first-order valence-corrected chi connectivity index (χ1v) is 23.1. The molecule has 0 radical (unpaired) electrons. The van der Waals surface area contributed by atoms with E-state index in [1.54, 1.807) is 0 Å². The van der Waals surface area contributed by atoms with E-state index in [1.807, 2.05) is 0 Å². The molecule has 12 aromatic rings. The molecule has 8 heterocycles. The van der Waals surface area contributed by atoms with Gasteiger partial charge in [0.1, 0.15) is 0 Å². The molecule has 64 heavy (non-hydrogen) atoms. The Kier molecular flexibility index (Phi) is 5.78. The number of para-hydroxylation sites is 6. The van der Waals surface area contributed by atoms with Crippen LogP contribution in [0.3, 0.4) is 0 Å². The first-order chi connectivity index (χ1) is 31.1. The second-order valence-corrected chi connectivity index (χ2v) is 21.2. The lowest BCUT2D eigenvalue weighted by Crippen LogP contribution is -2.55. The number of fused-ring (bicyclic) bond motifs is 21. The lowest BCUT2D eigenvalue weighted by Gasteiger charge is -2.35. The van der Waals surface area contributed by atoms with Crippen molar-refractivity contribution in [2.24, 2.45) is 0 Å². The standard InChI is InChI=1S/C58H42B2N4/c1-57(2,3)39-29-37-31-19-15-21-35-51(31)63(59-41-23-9-13-27-45(41)61-43-25-11-7-17-33(43)47(39)55(61)49(37)59)54-36-22-16-20-32-38-30-40(58(4,5)6)48-34-18-8-12-26-44(34)62-46-28-14-10-24-42(46)60(50(38)56(48)62)64(52(32)36)53(35)54/h7-30H,1-6H3. The van der Waals surface area contributed by atoms with Crippen LogP contribution in [0.15, 0.2) is 146 Å². The van der Waals surface area contributed by atoms with Gasteiger partial charge in [0, 0.05) is 65.9 Å². The van der Waals surface area contributed by atoms with Crippen LogP contribution in [0, 0.1) is 0 Å². The molecule has 8 aromatic carbocycles. The Labute approximate surface area is 371 Å². The molecule has 0 unspecified atom stereocenters. The van der Waals surface area contributed by atoms with Crippen LogP contribution >= 0.6 is 0 Å². The molecule has 4 aliphatic rings. The zero-order valence-electron chi connectivity index (χ0n) is 36.8. The highest BCUT2D eigenvalue weighted by atomic mass is 15.1. The molecule has 300 valence electrons. The molecule has 0 atom stereocenters. The summed E-state index contributed by atoms with van der Waals surface area (Å²) in [6.45, 7) is 14.3. The van der Waals surface area contributed by atoms with E-state index in [0.29, 0.717) is 0 Å². The zero-order chi connectivity index (χ0) is 42.4. The quantitative estimate of drug-likeness (QED) is 0.136. The second kappa shape index (κ2) is 10.8. The Bertz CT molecular complexity index is 3960. The van der Waals surface area contributed by atoms with E-state index in [-0.39, 0.29) is 24.5 Å². The highest BCUT2D eigenvalue weighted by molar-refractivity contribution is 6.92. The maximum Gasteiger partial charge on any atom is 0.333 e. The molecule has 0 bridgehead atoms. The largest absolute Gasteiger partial charge is 0.374 e. The monoisotopic (exact) mass is 816 g/mol. The van der Waals surface area contributed by atoms with Gasteiger partial charge in [0.25, 0.3) is 0 Å². The maximum atomic E-state index is 2.80. The lowest BCUT2D eigenvalue weighted by molar-refractivity contribution is 0.596. The van der Waals surface area contributed by atoms with Crippen LogP contribution in [0.25, 0.3) is 110 Å². The molecule has 0 amide bonds. The minimum atomic E-state index is -0.0723. The molecule has 0 spiro atoms. The van der Waals surface area contributed by atoms with Gasteiger partial charge in [-0.15, -0.1) is 0 Å². The van der Waals surface area contributed by atoms with Crippen molar-refractivity contribution in [2.45, 2.75) is 52.4 Å². The fourth-order valence-corrected chi connectivity index (χ4v) is 13.7. The zero-order valence-corrected chi connectivity index (χ0v) is 36.8. The summed E-state index contributed by atoms with van der Waals surface area (Å²) < 4.78 is 10.8. The summed E-state index contributed by atoms with van der Waals surface area (Å²) in [5, 5.41) is 8.12. The van der Waals surface area contributed by atoms with Crippen molar-refractivity contribution in [2.75, 3.05) is 0 Å². The van der Waals surface area contributed by atoms with Crippen LogP contribution < -0.4 is 21.9 Å². The summed E-state index contributed by atoms with van der Waals surface area (Å²) >= 11 is 0. The maximum absolute atomic E-state index is 2.80. The molecular weight excluding hydrogens is 774 g/mol. The van der Waals surface area contributed by atoms with Gasteiger partial charge in [-0.25, -0.2) is 0 Å². The van der Waals surface area contributed by atoms with Crippen LogP contribution in [-0.4, -0.2) is 31.8 Å². The topological polar surface area (TPSA) is 19.7 Å². The third kappa shape index (κ3) is 3.64. The van der Waals surface area contributed by atoms with E-state index in [1.165, 1.54) is 143 Å². The Balaban J connectivity index is 1.14. The van der Waals surface area contributed by atoms with E-state index in [9.17, 15) is 0 Å². The average Bonchev–Trinajstić information content (AvgIpc) is 4.03. The normalized spacial score (nSPS) is 14.3. The van der Waals surface area contributed by atoms with E-state index in [2.05, 4.69) is 205 Å². The van der Waals surface area contributed by atoms with Crippen LogP contribution in [0.1, 0.15) is 52.7 Å². The second-order valence-electron chi connectivity index (χ2n) is 21.2. The van der Waals surface area contributed by atoms with Gasteiger partial charge in [-0.1, -0.05) is 163 Å². The van der Waals surface area contributed by atoms with Gasteiger partial charge in [-0.3, -0.25) is 0 Å². The fraction of sp³-hybridized carbons (Fsp3) is 0.138. The van der Waals surface area contributed by atoms with Crippen LogP contribution in [0.2, 0.25) is 0 Å².